The van der Waals surface area contributed by atoms with E-state index in [1.807, 2.05) is 0 Å². The molecule has 5 heavy (non-hydrogen) atoms. The van der Waals surface area contributed by atoms with Gasteiger partial charge in [0, 0.05) is 9.84 Å². The zero-order valence-electron chi connectivity index (χ0n) is 2.50. The van der Waals surface area contributed by atoms with Crippen LogP contribution in [-0.2, 0) is 0 Å². The number of rotatable bonds is 0. The van der Waals surface area contributed by atoms with Crippen LogP contribution in [0.3, 0.4) is 0 Å². The summed E-state index contributed by atoms with van der Waals surface area (Å²) in [6.45, 7) is 0. The highest BCUT2D eigenvalue weighted by Crippen LogP contribution is 1.40. The van der Waals surface area contributed by atoms with E-state index in [1.54, 1.807) is 0 Å². The lowest BCUT2D eigenvalue weighted by molar-refractivity contribution is 0.278. The lowest BCUT2D eigenvalue weighted by Crippen LogP contribution is -2.07. The molecule has 0 aliphatic carbocycles. The van der Waals surface area contributed by atoms with Crippen LogP contribution >= 0.6 is 0 Å². The van der Waals surface area contributed by atoms with E-state index in [-0.39, 0.29) is 9.84 Å². The zero-order valence-corrected chi connectivity index (χ0v) is 2.50. The van der Waals surface area contributed by atoms with Gasteiger partial charge in [0.05, 0.1) is 0 Å². The van der Waals surface area contributed by atoms with Gasteiger partial charge in [-0.15, -0.1) is 0 Å². The van der Waals surface area contributed by atoms with Gasteiger partial charge in [-0.3, -0.25) is 0 Å². The topological polar surface area (TPSA) is 60.7 Å². The Kier molecular flexibility index (Phi) is 7.13. The molecule has 0 spiro atoms. The molecule has 0 unspecified atom stereocenters. The highest BCUT2D eigenvalue weighted by atomic mass is 16.5. The van der Waals surface area contributed by atoms with E-state index in [0.717, 1.165) is 0 Å². The molecule has 0 bridgehead atoms. The van der Waals surface area contributed by atoms with Crippen molar-refractivity contribution in [3.05, 3.63) is 0 Å². The second-order valence-electron chi connectivity index (χ2n) is 0.346. The molecule has 0 aliphatic rings. The van der Waals surface area contributed by atoms with Crippen LogP contribution in [0.4, 0.5) is 0 Å². The van der Waals surface area contributed by atoms with Crippen LogP contribution in [0.1, 0.15) is 1.43 Å². The molecular formula is H5B2O3. The Morgan fingerprint density at radius 1 is 1.20 bits per heavy atom. The van der Waals surface area contributed by atoms with Crippen molar-refractivity contribution >= 4 is 15.7 Å². The average Bonchev–Trinajstić information content (AvgIpc) is 0.811. The first-order valence-electron chi connectivity index (χ1n) is 0.775. The molecule has 0 heterocycles. The molecule has 0 aromatic heterocycles. The van der Waals surface area contributed by atoms with E-state index in [1.165, 1.54) is 0 Å². The fraction of sp³-hybridized carbons (Fsp3) is 0. The number of hydrogen-bond donors (Lipinski definition) is 3. The maximum absolute atomic E-state index is 7.17. The first kappa shape index (κ1) is 8.89. The van der Waals surface area contributed by atoms with E-state index in [4.69, 9.17) is 15.1 Å². The quantitative estimate of drug-likeness (QED) is 0.286. The van der Waals surface area contributed by atoms with Crippen molar-refractivity contribution in [1.82, 2.24) is 0 Å². The predicted octanol–water partition coefficient (Wildman–Crippen LogP) is -2.19. The monoisotopic (exact) mass is 75.0 g/mol. The summed E-state index contributed by atoms with van der Waals surface area (Å²) < 4.78 is 0. The molecule has 0 rings (SSSR count). The molecule has 3 radical (unpaired) electrons. The first-order valence-corrected chi connectivity index (χ1v) is 0.775. The molecule has 0 fully saturated rings. The summed E-state index contributed by atoms with van der Waals surface area (Å²) >= 11 is 0. The van der Waals surface area contributed by atoms with Gasteiger partial charge < -0.3 is 15.1 Å². The Balaban J connectivity index is -0.0000000450. The van der Waals surface area contributed by atoms with Gasteiger partial charge in [0.2, 0.25) is 0 Å². The van der Waals surface area contributed by atoms with Gasteiger partial charge >= 0.3 is 7.32 Å². The van der Waals surface area contributed by atoms with Crippen LogP contribution in [0.2, 0.25) is 0 Å². The summed E-state index contributed by atoms with van der Waals surface area (Å²) in [6.07, 6.45) is 0. The minimum Gasteiger partial charge on any atom is -0.402 e. The second-order valence-corrected chi connectivity index (χ2v) is 0.346. The summed E-state index contributed by atoms with van der Waals surface area (Å²) in [7, 11) is -2.17. The molecule has 29 valence electrons. The minimum absolute atomic E-state index is 0. The van der Waals surface area contributed by atoms with E-state index in [2.05, 4.69) is 0 Å². The summed E-state index contributed by atoms with van der Waals surface area (Å²) in [5.41, 5.74) is 0. The fourth-order valence-electron chi connectivity index (χ4n) is 0. The van der Waals surface area contributed by atoms with Gasteiger partial charge in [-0.25, -0.2) is 0 Å². The first-order chi connectivity index (χ1) is 1.73. The molecule has 3 nitrogen and oxygen atoms in total. The van der Waals surface area contributed by atoms with E-state index in [0.29, 0.717) is 0 Å². The Morgan fingerprint density at radius 3 is 1.20 bits per heavy atom. The fourth-order valence-corrected chi connectivity index (χ4v) is 0. The second kappa shape index (κ2) is 4.01. The van der Waals surface area contributed by atoms with Gasteiger partial charge in [-0.1, -0.05) is 0 Å². The normalized spacial score (nSPS) is 5.40. The molecule has 0 aliphatic heterocycles. The summed E-state index contributed by atoms with van der Waals surface area (Å²) in [6, 6.07) is 0. The Labute approximate surface area is 33.5 Å². The molecule has 5 heteroatoms. The molecule has 0 amide bonds. The van der Waals surface area contributed by atoms with Gasteiger partial charge in [0.15, 0.2) is 0 Å². The molecule has 0 aromatic rings. The third kappa shape index (κ3) is 166000. The van der Waals surface area contributed by atoms with E-state index in [9.17, 15) is 0 Å². The highest BCUT2D eigenvalue weighted by Gasteiger charge is 1.92. The van der Waals surface area contributed by atoms with Gasteiger partial charge in [0.25, 0.3) is 0 Å². The summed E-state index contributed by atoms with van der Waals surface area (Å²) in [5, 5.41) is 21.5. The SMILES string of the molecule is OB(O)O.[B].[HH]. The largest absolute Gasteiger partial charge is 0.631 e. The van der Waals surface area contributed by atoms with E-state index >= 15 is 0 Å². The summed E-state index contributed by atoms with van der Waals surface area (Å²) in [4.78, 5) is 0. The van der Waals surface area contributed by atoms with Crippen molar-refractivity contribution in [3.8, 4) is 0 Å². The lowest BCUT2D eigenvalue weighted by Gasteiger charge is -1.69. The Hall–Kier alpha value is 0.00987. The van der Waals surface area contributed by atoms with Crippen LogP contribution in [0.25, 0.3) is 0 Å². The van der Waals surface area contributed by atoms with Gasteiger partial charge in [-0.05, 0) is 0 Å². The Bertz CT molecular complexity index is 13.5. The maximum Gasteiger partial charge on any atom is 0.631 e. The minimum atomic E-state index is -2.17. The standard InChI is InChI=1S/BH3O3.B.H2/c2-1(3)4;;/h2-4H;;1H. The third-order valence-electron chi connectivity index (χ3n) is 0. The molecule has 0 saturated carbocycles. The third-order valence-corrected chi connectivity index (χ3v) is 0. The van der Waals surface area contributed by atoms with Crippen LogP contribution in [0, 0.1) is 0 Å². The molecule has 3 N–H and O–H groups in total. The summed E-state index contributed by atoms with van der Waals surface area (Å²) in [5.74, 6) is 0. The van der Waals surface area contributed by atoms with Crippen molar-refractivity contribution in [2.75, 3.05) is 0 Å². The smallest absolute Gasteiger partial charge is 0.402 e. The molecule has 0 saturated heterocycles. The van der Waals surface area contributed by atoms with Gasteiger partial charge in [0.1, 0.15) is 0 Å². The molecule has 0 atom stereocenters. The molecular weight excluding hydrogens is 69.6 g/mol. The van der Waals surface area contributed by atoms with Crippen molar-refractivity contribution < 1.29 is 16.5 Å². The van der Waals surface area contributed by atoms with Crippen LogP contribution in [0.15, 0.2) is 0 Å². The van der Waals surface area contributed by atoms with Crippen molar-refractivity contribution in [2.45, 2.75) is 0 Å². The van der Waals surface area contributed by atoms with Crippen molar-refractivity contribution in [1.29, 1.82) is 0 Å². The average molecular weight is 74.7 g/mol. The van der Waals surface area contributed by atoms with Crippen LogP contribution in [0.5, 0.6) is 0 Å². The van der Waals surface area contributed by atoms with Crippen molar-refractivity contribution in [2.24, 2.45) is 0 Å². The van der Waals surface area contributed by atoms with Crippen LogP contribution < -0.4 is 0 Å². The number of hydrogen-bond acceptors (Lipinski definition) is 3. The lowest BCUT2D eigenvalue weighted by atomic mass is 10.3. The maximum atomic E-state index is 7.17. The predicted molar refractivity (Wildman–Crippen MR) is 20.3 cm³/mol. The Morgan fingerprint density at radius 2 is 1.20 bits per heavy atom. The van der Waals surface area contributed by atoms with Crippen LogP contribution in [-0.4, -0.2) is 30.8 Å². The highest BCUT2D eigenvalue weighted by molar-refractivity contribution is 6.30. The molecule has 0 aromatic carbocycles. The van der Waals surface area contributed by atoms with Gasteiger partial charge in [-0.2, -0.15) is 0 Å². The van der Waals surface area contributed by atoms with E-state index < -0.39 is 7.32 Å². The van der Waals surface area contributed by atoms with Crippen molar-refractivity contribution in [3.63, 3.8) is 0 Å². The zero-order chi connectivity index (χ0) is 3.58.